The highest BCUT2D eigenvalue weighted by Gasteiger charge is 2.34. The zero-order valence-electron chi connectivity index (χ0n) is 21.6. The summed E-state index contributed by atoms with van der Waals surface area (Å²) >= 11 is 0. The van der Waals surface area contributed by atoms with Crippen molar-refractivity contribution >= 4 is 12.0 Å². The lowest BCUT2D eigenvalue weighted by Crippen LogP contribution is -2.46. The van der Waals surface area contributed by atoms with E-state index in [1.54, 1.807) is 26.2 Å². The Balaban J connectivity index is 1.59. The minimum absolute atomic E-state index is 0.0206. The molecule has 0 aromatic heterocycles. The Morgan fingerprint density at radius 3 is 2.50 bits per heavy atom. The second-order valence-electron chi connectivity index (χ2n) is 10.5. The van der Waals surface area contributed by atoms with Gasteiger partial charge in [0, 0.05) is 38.3 Å². The van der Waals surface area contributed by atoms with Crippen molar-refractivity contribution in [2.45, 2.75) is 58.1 Å². The topological polar surface area (TPSA) is 71.6 Å². The summed E-state index contributed by atoms with van der Waals surface area (Å²) in [6.45, 7) is 9.14. The Morgan fingerprint density at radius 2 is 1.82 bits per heavy atom. The maximum Gasteiger partial charge on any atom is 0.410 e. The fourth-order valence-electron chi connectivity index (χ4n) is 5.01. The van der Waals surface area contributed by atoms with Gasteiger partial charge in [-0.1, -0.05) is 0 Å². The molecular formula is C26H41N3O5. The molecule has 0 saturated carbocycles. The second kappa shape index (κ2) is 11.3. The van der Waals surface area contributed by atoms with Crippen LogP contribution in [0.4, 0.5) is 4.79 Å². The smallest absolute Gasteiger partial charge is 0.410 e. The minimum Gasteiger partial charge on any atom is -0.497 e. The standard InChI is InChI=1S/C26H41N3O5/c1-26(2,3)34-25(31)27(4)16-19-9-7-13-28(17-19)18-24(30)29-14-8-10-22(29)21-12-11-20(32-5)15-23(21)33-6/h11-12,15,19,22H,7-10,13-14,16-18H2,1-6H3. The van der Waals surface area contributed by atoms with E-state index < -0.39 is 5.60 Å². The van der Waals surface area contributed by atoms with Gasteiger partial charge in [0.05, 0.1) is 26.8 Å². The van der Waals surface area contributed by atoms with Crippen LogP contribution in [-0.2, 0) is 9.53 Å². The lowest BCUT2D eigenvalue weighted by Gasteiger charge is -2.36. The van der Waals surface area contributed by atoms with Gasteiger partial charge in [-0.3, -0.25) is 9.69 Å². The summed E-state index contributed by atoms with van der Waals surface area (Å²) in [5.74, 6) is 1.98. The highest BCUT2D eigenvalue weighted by Crippen LogP contribution is 2.38. The fourth-order valence-corrected chi connectivity index (χ4v) is 5.01. The van der Waals surface area contributed by atoms with E-state index in [0.29, 0.717) is 19.0 Å². The fraction of sp³-hybridized carbons (Fsp3) is 0.692. The molecule has 2 unspecified atom stereocenters. The first kappa shape index (κ1) is 26.1. The third-order valence-electron chi connectivity index (χ3n) is 6.57. The van der Waals surface area contributed by atoms with Crippen molar-refractivity contribution in [3.63, 3.8) is 0 Å². The zero-order chi connectivity index (χ0) is 24.9. The van der Waals surface area contributed by atoms with E-state index in [2.05, 4.69) is 4.90 Å². The lowest BCUT2D eigenvalue weighted by atomic mass is 9.97. The number of hydrogen-bond donors (Lipinski definition) is 0. The minimum atomic E-state index is -0.505. The van der Waals surface area contributed by atoms with E-state index in [9.17, 15) is 9.59 Å². The van der Waals surface area contributed by atoms with Crippen LogP contribution in [0.2, 0.25) is 0 Å². The van der Waals surface area contributed by atoms with Crippen molar-refractivity contribution in [1.29, 1.82) is 0 Å². The van der Waals surface area contributed by atoms with Gasteiger partial charge in [0.2, 0.25) is 5.91 Å². The molecule has 2 saturated heterocycles. The molecule has 34 heavy (non-hydrogen) atoms. The highest BCUT2D eigenvalue weighted by molar-refractivity contribution is 5.79. The lowest BCUT2D eigenvalue weighted by molar-refractivity contribution is -0.133. The molecule has 0 bridgehead atoms. The Hall–Kier alpha value is -2.48. The SMILES string of the molecule is COc1ccc(C2CCCN2C(=O)CN2CCCC(CN(C)C(=O)OC(C)(C)C)C2)c(OC)c1. The van der Waals surface area contributed by atoms with Gasteiger partial charge in [-0.2, -0.15) is 0 Å². The van der Waals surface area contributed by atoms with E-state index in [1.165, 1.54) is 0 Å². The largest absolute Gasteiger partial charge is 0.497 e. The number of piperidine rings is 1. The summed E-state index contributed by atoms with van der Waals surface area (Å²) in [6, 6.07) is 5.84. The second-order valence-corrected chi connectivity index (χ2v) is 10.5. The van der Waals surface area contributed by atoms with Gasteiger partial charge in [-0.25, -0.2) is 4.79 Å². The predicted octanol–water partition coefficient (Wildman–Crippen LogP) is 3.95. The number of benzene rings is 1. The Morgan fingerprint density at radius 1 is 1.09 bits per heavy atom. The molecule has 0 N–H and O–H groups in total. The molecule has 2 atom stereocenters. The molecular weight excluding hydrogens is 434 g/mol. The summed E-state index contributed by atoms with van der Waals surface area (Å²) in [5.41, 5.74) is 0.527. The molecule has 0 aliphatic carbocycles. The van der Waals surface area contributed by atoms with Gasteiger partial charge < -0.3 is 24.0 Å². The molecule has 0 radical (unpaired) electrons. The zero-order valence-corrected chi connectivity index (χ0v) is 21.6. The van der Waals surface area contributed by atoms with Crippen LogP contribution in [0.5, 0.6) is 11.5 Å². The number of amides is 2. The first-order chi connectivity index (χ1) is 16.1. The molecule has 2 aliphatic heterocycles. The van der Waals surface area contributed by atoms with E-state index >= 15 is 0 Å². The van der Waals surface area contributed by atoms with Crippen molar-refractivity contribution in [3.8, 4) is 11.5 Å². The van der Waals surface area contributed by atoms with Gasteiger partial charge in [0.1, 0.15) is 17.1 Å². The van der Waals surface area contributed by atoms with Crippen LogP contribution in [0.3, 0.4) is 0 Å². The molecule has 8 nitrogen and oxygen atoms in total. The molecule has 2 fully saturated rings. The third kappa shape index (κ3) is 6.78. The summed E-state index contributed by atoms with van der Waals surface area (Å²) in [5, 5.41) is 0. The van der Waals surface area contributed by atoms with Gasteiger partial charge >= 0.3 is 6.09 Å². The van der Waals surface area contributed by atoms with E-state index in [1.807, 2.05) is 43.9 Å². The molecule has 1 aromatic rings. The number of rotatable bonds is 7. The van der Waals surface area contributed by atoms with Crippen molar-refractivity contribution in [3.05, 3.63) is 23.8 Å². The molecule has 190 valence electrons. The van der Waals surface area contributed by atoms with Crippen LogP contribution >= 0.6 is 0 Å². The molecule has 2 amide bonds. The molecule has 3 rings (SSSR count). The Bertz CT molecular complexity index is 853. The first-order valence-electron chi connectivity index (χ1n) is 12.3. The van der Waals surface area contributed by atoms with Crippen LogP contribution in [-0.4, -0.2) is 86.3 Å². The van der Waals surface area contributed by atoms with E-state index in [0.717, 1.165) is 62.4 Å². The molecule has 8 heteroatoms. The number of hydrogen-bond acceptors (Lipinski definition) is 6. The van der Waals surface area contributed by atoms with Crippen LogP contribution in [0, 0.1) is 5.92 Å². The molecule has 2 heterocycles. The summed E-state index contributed by atoms with van der Waals surface area (Å²) in [7, 11) is 5.08. The number of likely N-dealkylation sites (tertiary alicyclic amines) is 2. The highest BCUT2D eigenvalue weighted by atomic mass is 16.6. The average Bonchev–Trinajstić information content (AvgIpc) is 3.27. The maximum atomic E-state index is 13.3. The Labute approximate surface area is 204 Å². The number of nitrogens with zero attached hydrogens (tertiary/aromatic N) is 3. The van der Waals surface area contributed by atoms with Crippen molar-refractivity contribution < 1.29 is 23.8 Å². The summed E-state index contributed by atoms with van der Waals surface area (Å²) < 4.78 is 16.4. The van der Waals surface area contributed by atoms with Gasteiger partial charge in [0.25, 0.3) is 0 Å². The van der Waals surface area contributed by atoms with Gasteiger partial charge in [0.15, 0.2) is 0 Å². The molecule has 2 aliphatic rings. The maximum absolute atomic E-state index is 13.3. The summed E-state index contributed by atoms with van der Waals surface area (Å²) in [4.78, 5) is 31.6. The molecule has 0 spiro atoms. The summed E-state index contributed by atoms with van der Waals surface area (Å²) in [6.07, 6.45) is 3.68. The van der Waals surface area contributed by atoms with Crippen molar-refractivity contribution in [1.82, 2.24) is 14.7 Å². The normalized spacial score (nSPS) is 21.3. The predicted molar refractivity (Wildman–Crippen MR) is 131 cm³/mol. The van der Waals surface area contributed by atoms with E-state index in [-0.39, 0.29) is 18.0 Å². The monoisotopic (exact) mass is 475 g/mol. The van der Waals surface area contributed by atoms with Crippen molar-refractivity contribution in [2.24, 2.45) is 5.92 Å². The number of methoxy groups -OCH3 is 2. The van der Waals surface area contributed by atoms with Crippen molar-refractivity contribution in [2.75, 3.05) is 54.0 Å². The van der Waals surface area contributed by atoms with E-state index in [4.69, 9.17) is 14.2 Å². The van der Waals surface area contributed by atoms with Crippen LogP contribution in [0.25, 0.3) is 0 Å². The van der Waals surface area contributed by atoms with Crippen LogP contribution < -0.4 is 9.47 Å². The first-order valence-corrected chi connectivity index (χ1v) is 12.3. The molecule has 1 aromatic carbocycles. The van der Waals surface area contributed by atoms with Crippen LogP contribution in [0.1, 0.15) is 58.1 Å². The number of carbonyl (C=O) groups excluding carboxylic acids is 2. The van der Waals surface area contributed by atoms with Gasteiger partial charge in [-0.05, 0) is 71.0 Å². The average molecular weight is 476 g/mol. The van der Waals surface area contributed by atoms with Gasteiger partial charge in [-0.15, -0.1) is 0 Å². The number of ether oxygens (including phenoxy) is 3. The number of carbonyl (C=O) groups is 2. The Kier molecular flexibility index (Phi) is 8.68. The van der Waals surface area contributed by atoms with Crippen LogP contribution in [0.15, 0.2) is 18.2 Å². The quantitative estimate of drug-likeness (QED) is 0.595. The third-order valence-corrected chi connectivity index (χ3v) is 6.57.